The molecule has 7 heteroatoms. The summed E-state index contributed by atoms with van der Waals surface area (Å²) in [6.07, 6.45) is -2.07. The zero-order valence-electron chi connectivity index (χ0n) is 9.03. The number of rotatable bonds is 3. The number of methoxy groups -OCH3 is 2. The van der Waals surface area contributed by atoms with Crippen LogP contribution >= 0.6 is 0 Å². The van der Waals surface area contributed by atoms with Gasteiger partial charge in [-0.05, 0) is 0 Å². The summed E-state index contributed by atoms with van der Waals surface area (Å²) >= 11 is 0. The Bertz CT molecular complexity index is 483. The fourth-order valence-corrected chi connectivity index (χ4v) is 1.26. The standard InChI is InChI=1S/C10H8F2N2O3/c1-16-8-5(9(11)12)4-14-6(3-13)7(8)10(15)17-2/h4,9H,1-2H3. The summed E-state index contributed by atoms with van der Waals surface area (Å²) in [5.74, 6) is -1.34. The minimum atomic E-state index is -2.87. The molecule has 0 aliphatic rings. The normalized spacial score (nSPS) is 9.88. The minimum absolute atomic E-state index is 0.321. The van der Waals surface area contributed by atoms with Crippen molar-refractivity contribution in [3.8, 4) is 11.8 Å². The lowest BCUT2D eigenvalue weighted by molar-refractivity contribution is 0.0595. The molecule has 0 unspecified atom stereocenters. The molecule has 17 heavy (non-hydrogen) atoms. The summed E-state index contributed by atoms with van der Waals surface area (Å²) in [7, 11) is 2.19. The number of alkyl halides is 2. The molecule has 90 valence electrons. The molecular weight excluding hydrogens is 234 g/mol. The van der Waals surface area contributed by atoms with Gasteiger partial charge in [0, 0.05) is 6.20 Å². The fourth-order valence-electron chi connectivity index (χ4n) is 1.26. The molecule has 0 aliphatic heterocycles. The van der Waals surface area contributed by atoms with Crippen molar-refractivity contribution in [2.45, 2.75) is 6.43 Å². The van der Waals surface area contributed by atoms with Crippen LogP contribution in [0.3, 0.4) is 0 Å². The number of carbonyl (C=O) groups excluding carboxylic acids is 1. The molecule has 1 aromatic rings. The molecule has 1 aromatic heterocycles. The van der Waals surface area contributed by atoms with E-state index in [9.17, 15) is 13.6 Å². The molecule has 0 saturated carbocycles. The van der Waals surface area contributed by atoms with Crippen LogP contribution in [0.1, 0.15) is 28.0 Å². The molecule has 0 N–H and O–H groups in total. The van der Waals surface area contributed by atoms with Gasteiger partial charge in [-0.1, -0.05) is 0 Å². The highest BCUT2D eigenvalue weighted by Gasteiger charge is 2.26. The van der Waals surface area contributed by atoms with Gasteiger partial charge in [-0.15, -0.1) is 0 Å². The van der Waals surface area contributed by atoms with Crippen molar-refractivity contribution in [3.63, 3.8) is 0 Å². The molecule has 0 atom stereocenters. The minimum Gasteiger partial charge on any atom is -0.495 e. The van der Waals surface area contributed by atoms with Gasteiger partial charge in [0.25, 0.3) is 6.43 Å². The highest BCUT2D eigenvalue weighted by Crippen LogP contribution is 2.33. The van der Waals surface area contributed by atoms with Gasteiger partial charge in [0.2, 0.25) is 0 Å². The maximum absolute atomic E-state index is 12.6. The number of pyridine rings is 1. The second-order valence-electron chi connectivity index (χ2n) is 2.87. The molecule has 1 rings (SSSR count). The van der Waals surface area contributed by atoms with Gasteiger partial charge >= 0.3 is 5.97 Å². The SMILES string of the molecule is COC(=O)c1c(C#N)ncc(C(F)F)c1OC. The van der Waals surface area contributed by atoms with Crippen LogP contribution in [0.15, 0.2) is 6.20 Å². The van der Waals surface area contributed by atoms with Gasteiger partial charge in [-0.2, -0.15) is 5.26 Å². The molecule has 0 aromatic carbocycles. The fraction of sp³-hybridized carbons (Fsp3) is 0.300. The second kappa shape index (κ2) is 5.21. The number of hydrogen-bond donors (Lipinski definition) is 0. The summed E-state index contributed by atoms with van der Waals surface area (Å²) in [5, 5.41) is 8.75. The summed E-state index contributed by atoms with van der Waals surface area (Å²) in [6.45, 7) is 0. The van der Waals surface area contributed by atoms with Gasteiger partial charge in [-0.3, -0.25) is 0 Å². The first-order chi connectivity index (χ1) is 8.06. The zero-order valence-corrected chi connectivity index (χ0v) is 9.03. The van der Waals surface area contributed by atoms with Crippen molar-refractivity contribution in [1.82, 2.24) is 4.98 Å². The molecule has 0 fully saturated rings. The number of ether oxygens (including phenoxy) is 2. The third-order valence-electron chi connectivity index (χ3n) is 1.99. The average Bonchev–Trinajstić information content (AvgIpc) is 2.35. The molecule has 0 radical (unpaired) electrons. The van der Waals surface area contributed by atoms with E-state index in [1.807, 2.05) is 0 Å². The lowest BCUT2D eigenvalue weighted by atomic mass is 10.1. The van der Waals surface area contributed by atoms with E-state index in [0.29, 0.717) is 0 Å². The maximum Gasteiger partial charge on any atom is 0.344 e. The lowest BCUT2D eigenvalue weighted by Gasteiger charge is -2.12. The Kier molecular flexibility index (Phi) is 3.93. The van der Waals surface area contributed by atoms with Crippen LogP contribution in [0.25, 0.3) is 0 Å². The number of carbonyl (C=O) groups is 1. The van der Waals surface area contributed by atoms with Crippen LogP contribution < -0.4 is 4.74 Å². The molecule has 0 spiro atoms. The second-order valence-corrected chi connectivity index (χ2v) is 2.87. The first-order valence-electron chi connectivity index (χ1n) is 4.40. The van der Waals surface area contributed by atoms with Crippen molar-refractivity contribution >= 4 is 5.97 Å². The summed E-state index contributed by atoms with van der Waals surface area (Å²) < 4.78 is 34.4. The van der Waals surface area contributed by atoms with E-state index >= 15 is 0 Å². The number of nitrogens with zero attached hydrogens (tertiary/aromatic N) is 2. The number of hydrogen-bond acceptors (Lipinski definition) is 5. The van der Waals surface area contributed by atoms with E-state index in [2.05, 4.69) is 9.72 Å². The number of nitriles is 1. The van der Waals surface area contributed by atoms with Crippen LogP contribution in [-0.4, -0.2) is 25.2 Å². The molecule has 1 heterocycles. The van der Waals surface area contributed by atoms with Crippen molar-refractivity contribution in [2.24, 2.45) is 0 Å². The van der Waals surface area contributed by atoms with Gasteiger partial charge in [0.05, 0.1) is 19.8 Å². The quantitative estimate of drug-likeness (QED) is 0.754. The van der Waals surface area contributed by atoms with E-state index < -0.39 is 29.3 Å². The number of esters is 1. The number of aromatic nitrogens is 1. The molecule has 0 aliphatic carbocycles. The number of halogens is 2. The van der Waals surface area contributed by atoms with E-state index in [1.165, 1.54) is 0 Å². The van der Waals surface area contributed by atoms with E-state index in [-0.39, 0.29) is 5.69 Å². The third kappa shape index (κ3) is 2.30. The van der Waals surface area contributed by atoms with E-state index in [0.717, 1.165) is 20.4 Å². The van der Waals surface area contributed by atoms with Crippen LogP contribution in [0, 0.1) is 11.3 Å². The highest BCUT2D eigenvalue weighted by molar-refractivity contribution is 5.95. The predicted molar refractivity (Wildman–Crippen MR) is 51.8 cm³/mol. The smallest absolute Gasteiger partial charge is 0.344 e. The molecule has 0 saturated heterocycles. The van der Waals surface area contributed by atoms with Gasteiger partial charge in [0.15, 0.2) is 5.69 Å². The summed E-state index contributed by atoms with van der Waals surface area (Å²) in [6, 6.07) is 1.61. The van der Waals surface area contributed by atoms with Gasteiger partial charge < -0.3 is 9.47 Å². The van der Waals surface area contributed by atoms with Crippen LogP contribution in [-0.2, 0) is 4.74 Å². The first kappa shape index (κ1) is 12.8. The highest BCUT2D eigenvalue weighted by atomic mass is 19.3. The first-order valence-corrected chi connectivity index (χ1v) is 4.40. The Morgan fingerprint density at radius 2 is 2.18 bits per heavy atom. The molecule has 5 nitrogen and oxygen atoms in total. The molecular formula is C10H8F2N2O3. The van der Waals surface area contributed by atoms with Crippen molar-refractivity contribution in [3.05, 3.63) is 23.0 Å². The third-order valence-corrected chi connectivity index (χ3v) is 1.99. The Hall–Kier alpha value is -2.23. The summed E-state index contributed by atoms with van der Waals surface area (Å²) in [4.78, 5) is 14.9. The lowest BCUT2D eigenvalue weighted by Crippen LogP contribution is -2.10. The van der Waals surface area contributed by atoms with Crippen LogP contribution in [0.4, 0.5) is 8.78 Å². The summed E-state index contributed by atoms with van der Waals surface area (Å²) in [5.41, 5.74) is -1.28. The van der Waals surface area contributed by atoms with Crippen molar-refractivity contribution < 1.29 is 23.0 Å². The van der Waals surface area contributed by atoms with Gasteiger partial charge in [0.1, 0.15) is 17.4 Å². The van der Waals surface area contributed by atoms with Gasteiger partial charge in [-0.25, -0.2) is 18.6 Å². The van der Waals surface area contributed by atoms with Crippen LogP contribution in [0.2, 0.25) is 0 Å². The monoisotopic (exact) mass is 242 g/mol. The maximum atomic E-state index is 12.6. The average molecular weight is 242 g/mol. The Morgan fingerprint density at radius 1 is 1.53 bits per heavy atom. The Labute approximate surface area is 95.6 Å². The predicted octanol–water partition coefficient (Wildman–Crippen LogP) is 1.69. The Morgan fingerprint density at radius 3 is 2.59 bits per heavy atom. The van der Waals surface area contributed by atoms with E-state index in [1.54, 1.807) is 6.07 Å². The largest absolute Gasteiger partial charge is 0.495 e. The van der Waals surface area contributed by atoms with Crippen molar-refractivity contribution in [1.29, 1.82) is 5.26 Å². The molecule has 0 bridgehead atoms. The Balaban J connectivity index is 3.56. The van der Waals surface area contributed by atoms with Crippen LogP contribution in [0.5, 0.6) is 5.75 Å². The van der Waals surface area contributed by atoms with E-state index in [4.69, 9.17) is 10.00 Å². The van der Waals surface area contributed by atoms with Crippen molar-refractivity contribution in [2.75, 3.05) is 14.2 Å². The molecule has 0 amide bonds. The zero-order chi connectivity index (χ0) is 13.0. The topological polar surface area (TPSA) is 72.2 Å².